The van der Waals surface area contributed by atoms with Crippen LogP contribution in [0.1, 0.15) is 21.5 Å². The molecule has 0 bridgehead atoms. The van der Waals surface area contributed by atoms with Gasteiger partial charge < -0.3 is 15.2 Å². The van der Waals surface area contributed by atoms with Crippen molar-refractivity contribution in [2.24, 2.45) is 0 Å². The smallest absolute Gasteiger partial charge is 0.335 e. The number of thioether (sulfide) groups is 1. The van der Waals surface area contributed by atoms with Crippen LogP contribution in [0.4, 0.5) is 0 Å². The Kier molecular flexibility index (Phi) is 5.16. The van der Waals surface area contributed by atoms with Gasteiger partial charge in [-0.2, -0.15) is 0 Å². The Morgan fingerprint density at radius 1 is 1.24 bits per heavy atom. The number of hydrogen-bond acceptors (Lipinski definition) is 5. The van der Waals surface area contributed by atoms with Crippen LogP contribution in [0.2, 0.25) is 0 Å². The Morgan fingerprint density at radius 3 is 2.64 bits per heavy atom. The highest BCUT2D eigenvalue weighted by atomic mass is 32.2. The van der Waals surface area contributed by atoms with Gasteiger partial charge in [0.15, 0.2) is 0 Å². The minimum absolute atomic E-state index is 0.186. The molecule has 2 aromatic rings. The number of hydrogen-bond donors (Lipinski definition) is 2. The van der Waals surface area contributed by atoms with Gasteiger partial charge in [0.1, 0.15) is 16.7 Å². The molecule has 1 saturated heterocycles. The van der Waals surface area contributed by atoms with Crippen molar-refractivity contribution >= 4 is 46.3 Å². The van der Waals surface area contributed by atoms with E-state index in [4.69, 9.17) is 22.1 Å². The first-order valence-electron chi connectivity index (χ1n) is 7.31. The van der Waals surface area contributed by atoms with E-state index in [1.807, 2.05) is 18.2 Å². The number of thiocarbonyl (C=S) groups is 1. The zero-order chi connectivity index (χ0) is 17.8. The van der Waals surface area contributed by atoms with Crippen molar-refractivity contribution in [3.8, 4) is 5.75 Å². The van der Waals surface area contributed by atoms with Crippen LogP contribution in [0, 0.1) is 0 Å². The molecule has 0 unspecified atom stereocenters. The highest BCUT2D eigenvalue weighted by molar-refractivity contribution is 8.26. The molecule has 3 rings (SSSR count). The molecule has 1 aliphatic rings. The van der Waals surface area contributed by atoms with Crippen LogP contribution < -0.4 is 10.1 Å². The molecule has 1 aliphatic heterocycles. The number of nitrogens with one attached hydrogen (secondary N) is 1. The standard InChI is InChI=1S/C18H13NO4S2/c20-16-15(25-18(24)19-16)9-11-4-6-14(7-5-11)23-10-12-2-1-3-13(8-12)17(21)22/h1-9H,10H2,(H,21,22)(H,19,20,24). The molecular weight excluding hydrogens is 358 g/mol. The minimum atomic E-state index is -0.965. The number of carbonyl (C=O) groups excluding carboxylic acids is 1. The SMILES string of the molecule is O=C1NC(=S)SC1=Cc1ccc(OCc2cccc(C(=O)O)c2)cc1. The second-order valence-electron chi connectivity index (χ2n) is 5.22. The van der Waals surface area contributed by atoms with E-state index in [-0.39, 0.29) is 18.1 Å². The zero-order valence-electron chi connectivity index (χ0n) is 12.9. The summed E-state index contributed by atoms with van der Waals surface area (Å²) in [5.41, 5.74) is 1.87. The Bertz CT molecular complexity index is 875. The number of aromatic carboxylic acids is 1. The van der Waals surface area contributed by atoms with E-state index in [1.54, 1.807) is 30.3 Å². The predicted octanol–water partition coefficient (Wildman–Crippen LogP) is 3.45. The van der Waals surface area contributed by atoms with E-state index in [0.717, 1.165) is 11.1 Å². The van der Waals surface area contributed by atoms with Crippen LogP contribution in [0.25, 0.3) is 6.08 Å². The Hall–Kier alpha value is -2.64. The maximum atomic E-state index is 11.6. The summed E-state index contributed by atoms with van der Waals surface area (Å²) in [7, 11) is 0. The predicted molar refractivity (Wildman–Crippen MR) is 100 cm³/mol. The number of carboxylic acids is 1. The lowest BCUT2D eigenvalue weighted by Crippen LogP contribution is -2.17. The molecule has 2 N–H and O–H groups in total. The summed E-state index contributed by atoms with van der Waals surface area (Å²) in [4.78, 5) is 23.2. The van der Waals surface area contributed by atoms with Crippen LogP contribution >= 0.6 is 24.0 Å². The van der Waals surface area contributed by atoms with Gasteiger partial charge in [-0.1, -0.05) is 48.2 Å². The number of rotatable bonds is 5. The lowest BCUT2D eigenvalue weighted by Gasteiger charge is -2.07. The van der Waals surface area contributed by atoms with E-state index in [9.17, 15) is 9.59 Å². The summed E-state index contributed by atoms with van der Waals surface area (Å²) in [5, 5.41) is 11.6. The third-order valence-electron chi connectivity index (χ3n) is 3.40. The van der Waals surface area contributed by atoms with Crippen LogP contribution in [0.5, 0.6) is 5.75 Å². The van der Waals surface area contributed by atoms with Gasteiger partial charge in [0, 0.05) is 0 Å². The third kappa shape index (κ3) is 4.46. The van der Waals surface area contributed by atoms with Crippen molar-refractivity contribution in [1.82, 2.24) is 5.32 Å². The maximum Gasteiger partial charge on any atom is 0.335 e. The van der Waals surface area contributed by atoms with Gasteiger partial charge in [-0.3, -0.25) is 4.79 Å². The average molecular weight is 371 g/mol. The summed E-state index contributed by atoms with van der Waals surface area (Å²) >= 11 is 6.19. The Morgan fingerprint density at radius 2 is 2.00 bits per heavy atom. The summed E-state index contributed by atoms with van der Waals surface area (Å²) < 4.78 is 6.13. The first-order valence-corrected chi connectivity index (χ1v) is 8.54. The molecule has 25 heavy (non-hydrogen) atoms. The highest BCUT2D eigenvalue weighted by Gasteiger charge is 2.21. The highest BCUT2D eigenvalue weighted by Crippen LogP contribution is 2.26. The van der Waals surface area contributed by atoms with Gasteiger partial charge in [-0.25, -0.2) is 4.79 Å². The zero-order valence-corrected chi connectivity index (χ0v) is 14.5. The number of carbonyl (C=O) groups is 2. The fraction of sp³-hybridized carbons (Fsp3) is 0.0556. The lowest BCUT2D eigenvalue weighted by molar-refractivity contribution is -0.115. The molecule has 0 aromatic heterocycles. The Labute approximate surface area is 153 Å². The fourth-order valence-corrected chi connectivity index (χ4v) is 3.24. The largest absolute Gasteiger partial charge is 0.489 e. The second-order valence-corrected chi connectivity index (χ2v) is 6.93. The van der Waals surface area contributed by atoms with E-state index >= 15 is 0 Å². The molecule has 1 heterocycles. The van der Waals surface area contributed by atoms with Crippen molar-refractivity contribution in [2.75, 3.05) is 0 Å². The normalized spacial score (nSPS) is 15.3. The molecule has 0 radical (unpaired) electrons. The quantitative estimate of drug-likeness (QED) is 0.619. The molecule has 1 fully saturated rings. The van der Waals surface area contributed by atoms with Crippen LogP contribution in [0.3, 0.4) is 0 Å². The molecule has 0 spiro atoms. The topological polar surface area (TPSA) is 75.6 Å². The summed E-state index contributed by atoms with van der Waals surface area (Å²) in [5.74, 6) is -0.497. The van der Waals surface area contributed by atoms with Crippen molar-refractivity contribution in [2.45, 2.75) is 6.61 Å². The molecular formula is C18H13NO4S2. The maximum absolute atomic E-state index is 11.6. The van der Waals surface area contributed by atoms with E-state index < -0.39 is 5.97 Å². The van der Waals surface area contributed by atoms with E-state index in [2.05, 4.69) is 5.32 Å². The lowest BCUT2D eigenvalue weighted by atomic mass is 10.1. The molecule has 126 valence electrons. The first kappa shape index (κ1) is 17.2. The fourth-order valence-electron chi connectivity index (χ4n) is 2.19. The molecule has 0 saturated carbocycles. The number of amides is 1. The van der Waals surface area contributed by atoms with Gasteiger partial charge in [-0.05, 0) is 41.5 Å². The minimum Gasteiger partial charge on any atom is -0.489 e. The Balaban J connectivity index is 1.64. The molecule has 1 amide bonds. The van der Waals surface area contributed by atoms with Crippen molar-refractivity contribution in [1.29, 1.82) is 0 Å². The molecule has 0 aliphatic carbocycles. The molecule has 0 atom stereocenters. The van der Waals surface area contributed by atoms with Gasteiger partial charge in [0.2, 0.25) is 0 Å². The molecule has 5 nitrogen and oxygen atoms in total. The monoisotopic (exact) mass is 371 g/mol. The van der Waals surface area contributed by atoms with Crippen molar-refractivity contribution in [3.63, 3.8) is 0 Å². The van der Waals surface area contributed by atoms with Gasteiger partial charge in [-0.15, -0.1) is 0 Å². The summed E-state index contributed by atoms with van der Waals surface area (Å²) in [6.45, 7) is 0.272. The van der Waals surface area contributed by atoms with Gasteiger partial charge in [0.05, 0.1) is 10.5 Å². The molecule has 2 aromatic carbocycles. The van der Waals surface area contributed by atoms with E-state index in [0.29, 0.717) is 15.0 Å². The van der Waals surface area contributed by atoms with E-state index in [1.165, 1.54) is 17.8 Å². The number of benzene rings is 2. The van der Waals surface area contributed by atoms with Gasteiger partial charge >= 0.3 is 5.97 Å². The summed E-state index contributed by atoms with van der Waals surface area (Å²) in [6, 6.07) is 13.9. The van der Waals surface area contributed by atoms with Crippen LogP contribution in [-0.2, 0) is 11.4 Å². The van der Waals surface area contributed by atoms with Crippen LogP contribution in [-0.4, -0.2) is 21.3 Å². The van der Waals surface area contributed by atoms with Crippen molar-refractivity contribution in [3.05, 3.63) is 70.1 Å². The molecule has 7 heteroatoms. The third-order valence-corrected chi connectivity index (χ3v) is 4.56. The van der Waals surface area contributed by atoms with Crippen LogP contribution in [0.15, 0.2) is 53.4 Å². The number of carboxylic acid groups (broad SMARTS) is 1. The van der Waals surface area contributed by atoms with Gasteiger partial charge in [0.25, 0.3) is 5.91 Å². The first-order chi connectivity index (χ1) is 12.0. The number of ether oxygens (including phenoxy) is 1. The van der Waals surface area contributed by atoms with Crippen molar-refractivity contribution < 1.29 is 19.4 Å². The average Bonchev–Trinajstić information content (AvgIpc) is 2.92. The second kappa shape index (κ2) is 7.50. The summed E-state index contributed by atoms with van der Waals surface area (Å²) in [6.07, 6.45) is 1.76.